The molecule has 0 spiro atoms. The predicted molar refractivity (Wildman–Crippen MR) is 88.6 cm³/mol. The minimum Gasteiger partial charge on any atom is -0.506 e. The maximum atomic E-state index is 12.9. The largest absolute Gasteiger partial charge is 0.506 e. The highest BCUT2D eigenvalue weighted by Crippen LogP contribution is 2.41. The van der Waals surface area contributed by atoms with Crippen LogP contribution in [0.15, 0.2) is 39.3 Å². The Morgan fingerprint density at radius 2 is 2.04 bits per heavy atom. The van der Waals surface area contributed by atoms with Gasteiger partial charge in [0.1, 0.15) is 11.6 Å². The number of fused-ring (bicyclic) bond motifs is 1. The number of rotatable bonds is 4. The van der Waals surface area contributed by atoms with E-state index in [0.29, 0.717) is 14.7 Å². The van der Waals surface area contributed by atoms with Gasteiger partial charge >= 0.3 is 0 Å². The van der Waals surface area contributed by atoms with E-state index < -0.39 is 11.5 Å². The lowest BCUT2D eigenvalue weighted by molar-refractivity contribution is 0.0999. The summed E-state index contributed by atoms with van der Waals surface area (Å²) in [5, 5.41) is 9.87. The molecule has 8 heteroatoms. The number of thioether (sulfide) groups is 1. The van der Waals surface area contributed by atoms with Gasteiger partial charge in [-0.3, -0.25) is 9.59 Å². The number of primary amides is 1. The Hall–Kier alpha value is -2.32. The minimum atomic E-state index is -0.681. The van der Waals surface area contributed by atoms with Crippen molar-refractivity contribution in [2.75, 3.05) is 0 Å². The Morgan fingerprint density at radius 3 is 2.70 bits per heavy atom. The van der Waals surface area contributed by atoms with Crippen LogP contribution in [0.5, 0.6) is 5.75 Å². The summed E-state index contributed by atoms with van der Waals surface area (Å²) >= 11 is 2.51. The lowest BCUT2D eigenvalue weighted by Gasteiger charge is -2.02. The van der Waals surface area contributed by atoms with Gasteiger partial charge in [0.15, 0.2) is 0 Å². The summed E-state index contributed by atoms with van der Waals surface area (Å²) in [6, 6.07) is 7.08. The Labute approximate surface area is 138 Å². The predicted octanol–water partition coefficient (Wildman–Crippen LogP) is 2.83. The molecule has 0 bridgehead atoms. The molecule has 0 unspecified atom stereocenters. The number of nitrogens with two attached hydrogens (primary N) is 1. The fraction of sp³-hybridized carbons (Fsp3) is 0.0667. The van der Waals surface area contributed by atoms with Crippen LogP contribution in [0.3, 0.4) is 0 Å². The van der Waals surface area contributed by atoms with E-state index in [2.05, 4.69) is 4.98 Å². The average Bonchev–Trinajstić information content (AvgIpc) is 2.85. The van der Waals surface area contributed by atoms with Crippen LogP contribution in [0.25, 0.3) is 10.2 Å². The molecule has 2 heterocycles. The average molecular weight is 350 g/mol. The molecule has 3 rings (SSSR count). The molecule has 0 fully saturated rings. The van der Waals surface area contributed by atoms with E-state index in [1.807, 2.05) is 0 Å². The zero-order valence-corrected chi connectivity index (χ0v) is 13.3. The highest BCUT2D eigenvalue weighted by Gasteiger charge is 2.20. The molecule has 0 saturated carbocycles. The Balaban J connectivity index is 2.01. The molecule has 0 aliphatic heterocycles. The number of benzene rings is 1. The van der Waals surface area contributed by atoms with Crippen molar-refractivity contribution in [3.8, 4) is 5.75 Å². The van der Waals surface area contributed by atoms with E-state index in [4.69, 9.17) is 5.73 Å². The number of pyridine rings is 1. The number of amides is 1. The number of aromatic nitrogens is 1. The van der Waals surface area contributed by atoms with Crippen LogP contribution in [-0.2, 0) is 5.75 Å². The number of H-pyrrole nitrogens is 1. The van der Waals surface area contributed by atoms with Crippen molar-refractivity contribution < 1.29 is 14.3 Å². The summed E-state index contributed by atoms with van der Waals surface area (Å²) in [6.45, 7) is 0. The van der Waals surface area contributed by atoms with Gasteiger partial charge in [-0.05, 0) is 17.7 Å². The SMILES string of the molecule is NC(=O)c1c(SCc2ccc(F)cc2)sc2c(O)cc(=O)[nH]c12. The van der Waals surface area contributed by atoms with Crippen LogP contribution in [0.2, 0.25) is 0 Å². The number of carbonyl (C=O) groups is 1. The van der Waals surface area contributed by atoms with Gasteiger partial charge in [0.05, 0.1) is 20.0 Å². The van der Waals surface area contributed by atoms with Crippen LogP contribution < -0.4 is 11.3 Å². The Bertz CT molecular complexity index is 948. The number of hydrogen-bond donors (Lipinski definition) is 3. The van der Waals surface area contributed by atoms with E-state index in [0.717, 1.165) is 11.6 Å². The molecular weight excluding hydrogens is 339 g/mol. The minimum absolute atomic E-state index is 0.185. The second kappa shape index (κ2) is 6.05. The summed E-state index contributed by atoms with van der Waals surface area (Å²) in [5.41, 5.74) is 6.21. The molecule has 1 aromatic carbocycles. The zero-order chi connectivity index (χ0) is 16.6. The molecule has 2 aromatic heterocycles. The number of hydrogen-bond acceptors (Lipinski definition) is 5. The monoisotopic (exact) mass is 350 g/mol. The van der Waals surface area contributed by atoms with Gasteiger partial charge in [0.2, 0.25) is 0 Å². The van der Waals surface area contributed by atoms with E-state index in [1.54, 1.807) is 12.1 Å². The van der Waals surface area contributed by atoms with E-state index in [1.165, 1.54) is 35.2 Å². The molecule has 23 heavy (non-hydrogen) atoms. The summed E-state index contributed by atoms with van der Waals surface area (Å²) < 4.78 is 13.9. The third-order valence-electron chi connectivity index (χ3n) is 3.15. The van der Waals surface area contributed by atoms with Gasteiger partial charge < -0.3 is 15.8 Å². The van der Waals surface area contributed by atoms with Gasteiger partial charge in [-0.2, -0.15) is 0 Å². The summed E-state index contributed by atoms with van der Waals surface area (Å²) in [7, 11) is 0. The van der Waals surface area contributed by atoms with E-state index >= 15 is 0 Å². The van der Waals surface area contributed by atoms with Crippen molar-refractivity contribution in [2.24, 2.45) is 5.73 Å². The fourth-order valence-electron chi connectivity index (χ4n) is 2.11. The third kappa shape index (κ3) is 3.08. The van der Waals surface area contributed by atoms with Crippen molar-refractivity contribution in [1.82, 2.24) is 4.98 Å². The van der Waals surface area contributed by atoms with Crippen molar-refractivity contribution in [1.29, 1.82) is 0 Å². The second-order valence-electron chi connectivity index (χ2n) is 4.77. The quantitative estimate of drug-likeness (QED) is 0.631. The van der Waals surface area contributed by atoms with Crippen molar-refractivity contribution in [3.63, 3.8) is 0 Å². The molecule has 0 aliphatic carbocycles. The van der Waals surface area contributed by atoms with Crippen LogP contribution in [0.4, 0.5) is 4.39 Å². The van der Waals surface area contributed by atoms with E-state index in [-0.39, 0.29) is 22.6 Å². The number of thiophene rings is 1. The lowest BCUT2D eigenvalue weighted by atomic mass is 10.2. The number of nitrogens with one attached hydrogen (secondary N) is 1. The number of carbonyl (C=O) groups excluding carboxylic acids is 1. The standard InChI is InChI=1S/C15H11FN2O3S2/c16-8-3-1-7(2-4-8)6-22-15-11(14(17)21)12-13(23-15)9(19)5-10(20)18-12/h1-5H,6H2,(H2,17,21)(H2,18,19,20). The molecule has 5 nitrogen and oxygen atoms in total. The second-order valence-corrected chi connectivity index (χ2v) is 7.03. The van der Waals surface area contributed by atoms with Crippen molar-refractivity contribution in [2.45, 2.75) is 9.96 Å². The summed E-state index contributed by atoms with van der Waals surface area (Å²) in [6.07, 6.45) is 0. The third-order valence-corrected chi connectivity index (χ3v) is 5.71. The first-order chi connectivity index (χ1) is 11.0. The summed E-state index contributed by atoms with van der Waals surface area (Å²) in [4.78, 5) is 25.8. The normalized spacial score (nSPS) is 11.0. The number of halogens is 1. The Morgan fingerprint density at radius 1 is 1.35 bits per heavy atom. The van der Waals surface area contributed by atoms with Gasteiger partial charge in [-0.1, -0.05) is 12.1 Å². The first-order valence-electron chi connectivity index (χ1n) is 6.51. The molecule has 0 aliphatic rings. The fourth-order valence-corrected chi connectivity index (χ4v) is 4.52. The smallest absolute Gasteiger partial charge is 0.252 e. The molecular formula is C15H11FN2O3S2. The molecule has 0 radical (unpaired) electrons. The molecule has 3 aromatic rings. The van der Waals surface area contributed by atoms with Crippen LogP contribution in [0, 0.1) is 5.82 Å². The van der Waals surface area contributed by atoms with Gasteiger partial charge in [-0.15, -0.1) is 23.1 Å². The maximum absolute atomic E-state index is 12.9. The van der Waals surface area contributed by atoms with Crippen LogP contribution >= 0.6 is 23.1 Å². The van der Waals surface area contributed by atoms with Gasteiger partial charge in [0, 0.05) is 11.8 Å². The molecule has 118 valence electrons. The lowest BCUT2D eigenvalue weighted by Crippen LogP contribution is -2.13. The molecule has 0 saturated heterocycles. The highest BCUT2D eigenvalue weighted by atomic mass is 32.2. The summed E-state index contributed by atoms with van der Waals surface area (Å²) in [5.74, 6) is -0.691. The van der Waals surface area contributed by atoms with Crippen molar-refractivity contribution in [3.05, 3.63) is 57.6 Å². The number of aromatic amines is 1. The van der Waals surface area contributed by atoms with Gasteiger partial charge in [-0.25, -0.2) is 4.39 Å². The van der Waals surface area contributed by atoms with Crippen molar-refractivity contribution >= 4 is 39.2 Å². The first kappa shape index (κ1) is 15.6. The topological polar surface area (TPSA) is 96.2 Å². The van der Waals surface area contributed by atoms with Gasteiger partial charge in [0.25, 0.3) is 11.5 Å². The maximum Gasteiger partial charge on any atom is 0.252 e. The number of aromatic hydroxyl groups is 1. The van der Waals surface area contributed by atoms with Crippen LogP contribution in [0.1, 0.15) is 15.9 Å². The Kier molecular flexibility index (Phi) is 4.10. The molecule has 1 amide bonds. The molecule has 0 atom stereocenters. The zero-order valence-electron chi connectivity index (χ0n) is 11.6. The van der Waals surface area contributed by atoms with E-state index in [9.17, 15) is 19.1 Å². The highest BCUT2D eigenvalue weighted by molar-refractivity contribution is 8.00. The molecule has 4 N–H and O–H groups in total. The first-order valence-corrected chi connectivity index (χ1v) is 8.31. The van der Waals surface area contributed by atoms with Crippen LogP contribution in [-0.4, -0.2) is 16.0 Å².